The van der Waals surface area contributed by atoms with Crippen LogP contribution in [0.3, 0.4) is 0 Å². The molecule has 9 nitrogen and oxygen atoms in total. The van der Waals surface area contributed by atoms with E-state index in [1.807, 2.05) is 6.92 Å². The van der Waals surface area contributed by atoms with Crippen molar-refractivity contribution in [2.45, 2.75) is 45.0 Å². The number of anilines is 2. The van der Waals surface area contributed by atoms with E-state index in [4.69, 9.17) is 9.72 Å². The summed E-state index contributed by atoms with van der Waals surface area (Å²) in [5, 5.41) is 3.45. The van der Waals surface area contributed by atoms with Gasteiger partial charge < -0.3 is 24.6 Å². The van der Waals surface area contributed by atoms with E-state index in [1.165, 1.54) is 44.3 Å². The highest BCUT2D eigenvalue weighted by atomic mass is 19.4. The fraction of sp³-hybridized carbons (Fsp3) is 0.462. The SMILES string of the molecule is Cc1nc(N2CCC(N3CCCC3)CC2)nc2ncc(NC(=O)COc3ccc(OC(F)(F)F)cc3)cc12. The number of fused-ring (bicyclic) bond motifs is 1. The Labute approximate surface area is 218 Å². The lowest BCUT2D eigenvalue weighted by molar-refractivity contribution is -0.274. The lowest BCUT2D eigenvalue weighted by Crippen LogP contribution is -2.44. The second-order valence-corrected chi connectivity index (χ2v) is 9.52. The van der Waals surface area contributed by atoms with Crippen LogP contribution in [0.15, 0.2) is 36.5 Å². The third kappa shape index (κ3) is 6.42. The monoisotopic (exact) mass is 530 g/mol. The summed E-state index contributed by atoms with van der Waals surface area (Å²) in [6.45, 7) is 5.81. The van der Waals surface area contributed by atoms with Crippen molar-refractivity contribution in [2.75, 3.05) is 43.0 Å². The van der Waals surface area contributed by atoms with Gasteiger partial charge in [-0.1, -0.05) is 0 Å². The maximum absolute atomic E-state index is 12.4. The van der Waals surface area contributed by atoms with Crippen molar-refractivity contribution in [3.8, 4) is 11.5 Å². The molecule has 2 fully saturated rings. The fourth-order valence-corrected chi connectivity index (χ4v) is 4.97. The Balaban J connectivity index is 1.17. The van der Waals surface area contributed by atoms with Crippen molar-refractivity contribution in [3.63, 3.8) is 0 Å². The van der Waals surface area contributed by atoms with E-state index in [-0.39, 0.29) is 18.1 Å². The average molecular weight is 531 g/mol. The van der Waals surface area contributed by atoms with Gasteiger partial charge in [0.1, 0.15) is 11.5 Å². The summed E-state index contributed by atoms with van der Waals surface area (Å²) < 4.78 is 46.0. The molecule has 0 unspecified atom stereocenters. The summed E-state index contributed by atoms with van der Waals surface area (Å²) in [5.74, 6) is 0.0911. The molecule has 0 bridgehead atoms. The highest BCUT2D eigenvalue weighted by Crippen LogP contribution is 2.27. The predicted molar refractivity (Wildman–Crippen MR) is 135 cm³/mol. The number of piperidine rings is 1. The summed E-state index contributed by atoms with van der Waals surface area (Å²) in [6, 6.07) is 7.22. The Kier molecular flexibility index (Phi) is 7.50. The van der Waals surface area contributed by atoms with Crippen LogP contribution in [0.5, 0.6) is 11.5 Å². The van der Waals surface area contributed by atoms with Crippen LogP contribution >= 0.6 is 0 Å². The lowest BCUT2D eigenvalue weighted by atomic mass is 10.0. The van der Waals surface area contributed by atoms with Crippen LogP contribution in [-0.2, 0) is 4.79 Å². The zero-order valence-electron chi connectivity index (χ0n) is 21.0. The number of alkyl halides is 3. The highest BCUT2D eigenvalue weighted by molar-refractivity contribution is 5.94. The molecule has 3 aromatic rings. The smallest absolute Gasteiger partial charge is 0.484 e. The lowest BCUT2D eigenvalue weighted by Gasteiger charge is -2.36. The highest BCUT2D eigenvalue weighted by Gasteiger charge is 2.31. The molecule has 4 heterocycles. The molecule has 1 aromatic carbocycles. The van der Waals surface area contributed by atoms with Crippen molar-refractivity contribution in [3.05, 3.63) is 42.2 Å². The molecule has 38 heavy (non-hydrogen) atoms. The number of ether oxygens (including phenoxy) is 2. The third-order valence-electron chi connectivity index (χ3n) is 6.85. The van der Waals surface area contributed by atoms with Gasteiger partial charge in [0.25, 0.3) is 5.91 Å². The number of rotatable bonds is 7. The molecule has 2 aliphatic heterocycles. The molecular weight excluding hydrogens is 501 g/mol. The van der Waals surface area contributed by atoms with Crippen molar-refractivity contribution in [1.82, 2.24) is 19.9 Å². The average Bonchev–Trinajstić information content (AvgIpc) is 3.43. The van der Waals surface area contributed by atoms with Gasteiger partial charge in [-0.2, -0.15) is 4.98 Å². The zero-order chi connectivity index (χ0) is 26.7. The van der Waals surface area contributed by atoms with E-state index < -0.39 is 12.3 Å². The van der Waals surface area contributed by atoms with Crippen LogP contribution in [-0.4, -0.2) is 70.9 Å². The number of carbonyl (C=O) groups excluding carboxylic acids is 1. The first-order valence-electron chi connectivity index (χ1n) is 12.7. The number of nitrogens with one attached hydrogen (secondary N) is 1. The number of pyridine rings is 1. The maximum atomic E-state index is 12.4. The number of hydrogen-bond donors (Lipinski definition) is 1. The minimum Gasteiger partial charge on any atom is -0.484 e. The van der Waals surface area contributed by atoms with E-state index in [1.54, 1.807) is 6.07 Å². The normalized spacial score (nSPS) is 17.1. The van der Waals surface area contributed by atoms with Crippen LogP contribution in [0.2, 0.25) is 0 Å². The second-order valence-electron chi connectivity index (χ2n) is 9.52. The number of carbonyl (C=O) groups is 1. The zero-order valence-corrected chi connectivity index (χ0v) is 21.0. The first kappa shape index (κ1) is 26.0. The number of halogens is 3. The first-order chi connectivity index (χ1) is 18.2. The molecular formula is C26H29F3N6O3. The molecule has 5 rings (SSSR count). The molecule has 1 N–H and O–H groups in total. The van der Waals surface area contributed by atoms with Gasteiger partial charge >= 0.3 is 6.36 Å². The molecule has 0 aliphatic carbocycles. The largest absolute Gasteiger partial charge is 0.573 e. The Morgan fingerprint density at radius 3 is 2.42 bits per heavy atom. The maximum Gasteiger partial charge on any atom is 0.573 e. The predicted octanol–water partition coefficient (Wildman–Crippen LogP) is 4.31. The van der Waals surface area contributed by atoms with E-state index in [9.17, 15) is 18.0 Å². The number of likely N-dealkylation sites (tertiary alicyclic amines) is 1. The summed E-state index contributed by atoms with van der Waals surface area (Å²) in [7, 11) is 0. The Bertz CT molecular complexity index is 1270. The fourth-order valence-electron chi connectivity index (χ4n) is 4.97. The first-order valence-corrected chi connectivity index (χ1v) is 12.7. The van der Waals surface area contributed by atoms with E-state index in [0.29, 0.717) is 23.3 Å². The molecule has 1 amide bonds. The molecule has 12 heteroatoms. The van der Waals surface area contributed by atoms with Gasteiger partial charge in [0.05, 0.1) is 17.6 Å². The van der Waals surface area contributed by atoms with Crippen LogP contribution in [0.4, 0.5) is 24.8 Å². The van der Waals surface area contributed by atoms with Crippen molar-refractivity contribution in [2.24, 2.45) is 0 Å². The number of benzene rings is 1. The van der Waals surface area contributed by atoms with Gasteiger partial charge in [-0.15, -0.1) is 13.2 Å². The number of aromatic nitrogens is 3. The number of aryl methyl sites for hydroxylation is 1. The van der Waals surface area contributed by atoms with E-state index in [2.05, 4.69) is 29.8 Å². The Morgan fingerprint density at radius 1 is 1.05 bits per heavy atom. The molecule has 2 aliphatic rings. The van der Waals surface area contributed by atoms with Gasteiger partial charge in [-0.25, -0.2) is 9.97 Å². The minimum atomic E-state index is -4.77. The molecule has 202 valence electrons. The van der Waals surface area contributed by atoms with Gasteiger partial charge in [0, 0.05) is 24.5 Å². The quantitative estimate of drug-likeness (QED) is 0.483. The Morgan fingerprint density at radius 2 is 1.74 bits per heavy atom. The van der Waals surface area contributed by atoms with Crippen LogP contribution < -0.4 is 19.7 Å². The van der Waals surface area contributed by atoms with E-state index >= 15 is 0 Å². The van der Waals surface area contributed by atoms with E-state index in [0.717, 1.165) is 49.1 Å². The number of hydrogen-bond acceptors (Lipinski definition) is 8. The van der Waals surface area contributed by atoms with Crippen LogP contribution in [0, 0.1) is 6.92 Å². The van der Waals surface area contributed by atoms with Crippen molar-refractivity contribution < 1.29 is 27.4 Å². The Hall–Kier alpha value is -3.67. The standard InChI is InChI=1S/C26H29F3N6O3/c1-17-22-14-18(32-23(36)16-37-20-4-6-21(7-5-20)38-26(27,28)29)15-30-24(22)33-25(31-17)35-12-8-19(9-13-35)34-10-2-3-11-34/h4-7,14-15,19H,2-3,8-13,16H2,1H3,(H,32,36). The van der Waals surface area contributed by atoms with Gasteiger partial charge in [-0.3, -0.25) is 4.79 Å². The van der Waals surface area contributed by atoms with Gasteiger partial charge in [0.2, 0.25) is 5.95 Å². The molecule has 0 spiro atoms. The second kappa shape index (κ2) is 11.0. The van der Waals surface area contributed by atoms with Crippen LogP contribution in [0.25, 0.3) is 11.0 Å². The molecule has 2 aromatic heterocycles. The summed E-state index contributed by atoms with van der Waals surface area (Å²) >= 11 is 0. The number of amides is 1. The topological polar surface area (TPSA) is 92.7 Å². The van der Waals surface area contributed by atoms with Crippen molar-refractivity contribution >= 4 is 28.6 Å². The number of nitrogens with zero attached hydrogens (tertiary/aromatic N) is 5. The third-order valence-corrected chi connectivity index (χ3v) is 6.85. The molecule has 2 saturated heterocycles. The molecule has 0 saturated carbocycles. The minimum absolute atomic E-state index is 0.229. The van der Waals surface area contributed by atoms with Crippen molar-refractivity contribution in [1.29, 1.82) is 0 Å². The van der Waals surface area contributed by atoms with Gasteiger partial charge in [-0.05, 0) is 76.0 Å². The summed E-state index contributed by atoms with van der Waals surface area (Å²) in [6.07, 6.45) is 1.56. The molecule has 0 atom stereocenters. The summed E-state index contributed by atoms with van der Waals surface area (Å²) in [4.78, 5) is 31.0. The molecule has 0 radical (unpaired) electrons. The summed E-state index contributed by atoms with van der Waals surface area (Å²) in [5.41, 5.74) is 1.79. The van der Waals surface area contributed by atoms with Crippen LogP contribution in [0.1, 0.15) is 31.4 Å². The van der Waals surface area contributed by atoms with Gasteiger partial charge in [0.15, 0.2) is 12.3 Å².